The molecule has 0 spiro atoms. The van der Waals surface area contributed by atoms with Crippen LogP contribution in [0, 0.1) is 17.1 Å². The van der Waals surface area contributed by atoms with Crippen molar-refractivity contribution in [3.8, 4) is 6.07 Å². The summed E-state index contributed by atoms with van der Waals surface area (Å²) in [5, 5.41) is 8.62. The molecule has 0 saturated carbocycles. The van der Waals surface area contributed by atoms with Gasteiger partial charge in [0.05, 0.1) is 18.2 Å². The molecule has 19 heavy (non-hydrogen) atoms. The molecule has 0 heterocycles. The molecule has 0 aromatic heterocycles. The highest BCUT2D eigenvalue weighted by atomic mass is 19.1. The number of ether oxygens (including phenoxy) is 1. The van der Waals surface area contributed by atoms with Crippen molar-refractivity contribution < 1.29 is 13.9 Å². The van der Waals surface area contributed by atoms with Crippen molar-refractivity contribution in [2.24, 2.45) is 0 Å². The largest absolute Gasteiger partial charge is 0.443 e. The molecule has 0 bridgehead atoms. The summed E-state index contributed by atoms with van der Waals surface area (Å²) < 4.78 is 18.9. The van der Waals surface area contributed by atoms with Gasteiger partial charge in [0.1, 0.15) is 11.4 Å². The third-order valence-electron chi connectivity index (χ3n) is 2.20. The lowest BCUT2D eigenvalue weighted by Gasteiger charge is -2.27. The van der Waals surface area contributed by atoms with Crippen molar-refractivity contribution in [1.82, 2.24) is 0 Å². The topological polar surface area (TPSA) is 53.3 Å². The number of para-hydroxylation sites is 1. The maximum atomic E-state index is 13.7. The Bertz CT molecular complexity index is 489. The van der Waals surface area contributed by atoms with Crippen LogP contribution in [0.25, 0.3) is 0 Å². The predicted molar refractivity (Wildman–Crippen MR) is 70.2 cm³/mol. The van der Waals surface area contributed by atoms with Crippen LogP contribution in [-0.4, -0.2) is 18.2 Å². The predicted octanol–water partition coefficient (Wildman–Crippen LogP) is 3.48. The number of carbonyl (C=O) groups excluding carboxylic acids is 1. The van der Waals surface area contributed by atoms with Gasteiger partial charge in [-0.25, -0.2) is 9.18 Å². The van der Waals surface area contributed by atoms with E-state index >= 15 is 0 Å². The zero-order chi connectivity index (χ0) is 14.5. The van der Waals surface area contributed by atoms with Crippen molar-refractivity contribution in [1.29, 1.82) is 5.26 Å². The van der Waals surface area contributed by atoms with Crippen LogP contribution in [0.15, 0.2) is 24.3 Å². The van der Waals surface area contributed by atoms with Gasteiger partial charge in [0.2, 0.25) is 0 Å². The minimum Gasteiger partial charge on any atom is -0.443 e. The second-order valence-electron chi connectivity index (χ2n) is 4.99. The van der Waals surface area contributed by atoms with Crippen LogP contribution in [0.1, 0.15) is 27.2 Å². The summed E-state index contributed by atoms with van der Waals surface area (Å²) >= 11 is 0. The van der Waals surface area contributed by atoms with E-state index in [9.17, 15) is 9.18 Å². The van der Waals surface area contributed by atoms with Gasteiger partial charge in [-0.3, -0.25) is 4.90 Å². The first kappa shape index (κ1) is 15.0. The van der Waals surface area contributed by atoms with E-state index in [-0.39, 0.29) is 18.7 Å². The molecule has 0 aliphatic rings. The molecule has 0 aliphatic heterocycles. The highest BCUT2D eigenvalue weighted by Crippen LogP contribution is 2.21. The van der Waals surface area contributed by atoms with E-state index in [2.05, 4.69) is 0 Å². The number of halogens is 1. The van der Waals surface area contributed by atoms with Gasteiger partial charge in [-0.2, -0.15) is 5.26 Å². The Morgan fingerprint density at radius 2 is 2.05 bits per heavy atom. The molecular formula is C14H17FN2O2. The van der Waals surface area contributed by atoms with Crippen LogP contribution in [0.5, 0.6) is 0 Å². The summed E-state index contributed by atoms with van der Waals surface area (Å²) in [7, 11) is 0. The van der Waals surface area contributed by atoms with Gasteiger partial charge < -0.3 is 4.74 Å². The highest BCUT2D eigenvalue weighted by molar-refractivity contribution is 5.88. The fraction of sp³-hybridized carbons (Fsp3) is 0.429. The number of hydrogen-bond donors (Lipinski definition) is 0. The number of benzene rings is 1. The van der Waals surface area contributed by atoms with E-state index < -0.39 is 17.5 Å². The molecule has 0 atom stereocenters. The van der Waals surface area contributed by atoms with Crippen molar-refractivity contribution >= 4 is 11.8 Å². The minimum absolute atomic E-state index is 0.0896. The summed E-state index contributed by atoms with van der Waals surface area (Å²) in [4.78, 5) is 13.2. The molecule has 0 saturated heterocycles. The monoisotopic (exact) mass is 264 g/mol. The standard InChI is InChI=1S/C14H17FN2O2/c1-14(2,3)19-13(18)17(10-6-9-16)12-8-5-4-7-11(12)15/h4-5,7-8H,6,10H2,1-3H3. The van der Waals surface area contributed by atoms with Crippen LogP contribution in [-0.2, 0) is 4.74 Å². The maximum absolute atomic E-state index is 13.7. The van der Waals surface area contributed by atoms with Gasteiger partial charge in [-0.15, -0.1) is 0 Å². The third kappa shape index (κ3) is 4.59. The summed E-state index contributed by atoms with van der Waals surface area (Å²) in [6, 6.07) is 7.84. The molecule has 1 aromatic rings. The van der Waals surface area contributed by atoms with Gasteiger partial charge >= 0.3 is 6.09 Å². The Balaban J connectivity index is 2.99. The zero-order valence-electron chi connectivity index (χ0n) is 11.3. The fourth-order valence-electron chi connectivity index (χ4n) is 1.46. The Hall–Kier alpha value is -2.09. The van der Waals surface area contributed by atoms with Crippen LogP contribution in [0.2, 0.25) is 0 Å². The highest BCUT2D eigenvalue weighted by Gasteiger charge is 2.24. The summed E-state index contributed by atoms with van der Waals surface area (Å²) in [6.45, 7) is 5.28. The number of hydrogen-bond acceptors (Lipinski definition) is 3. The third-order valence-corrected chi connectivity index (χ3v) is 2.20. The Morgan fingerprint density at radius 3 is 2.58 bits per heavy atom. The van der Waals surface area contributed by atoms with Gasteiger partial charge in [-0.05, 0) is 32.9 Å². The molecule has 1 amide bonds. The van der Waals surface area contributed by atoms with Crippen molar-refractivity contribution in [2.45, 2.75) is 32.8 Å². The average molecular weight is 264 g/mol. The van der Waals surface area contributed by atoms with Crippen LogP contribution < -0.4 is 4.90 Å². The van der Waals surface area contributed by atoms with Gasteiger partial charge in [0.25, 0.3) is 0 Å². The van der Waals surface area contributed by atoms with E-state index in [1.165, 1.54) is 18.2 Å². The van der Waals surface area contributed by atoms with Crippen LogP contribution >= 0.6 is 0 Å². The lowest BCUT2D eigenvalue weighted by Crippen LogP contribution is -2.37. The summed E-state index contributed by atoms with van der Waals surface area (Å²) in [6.07, 6.45) is -0.555. The second-order valence-corrected chi connectivity index (χ2v) is 4.99. The lowest BCUT2D eigenvalue weighted by atomic mass is 10.2. The SMILES string of the molecule is CC(C)(C)OC(=O)N(CCC#N)c1ccccc1F. The molecule has 4 nitrogen and oxygen atoms in total. The van der Waals surface area contributed by atoms with Crippen LogP contribution in [0.3, 0.4) is 0 Å². The first-order valence-corrected chi connectivity index (χ1v) is 5.97. The first-order valence-electron chi connectivity index (χ1n) is 5.97. The van der Waals surface area contributed by atoms with E-state index in [0.29, 0.717) is 0 Å². The van der Waals surface area contributed by atoms with Crippen LogP contribution in [0.4, 0.5) is 14.9 Å². The second kappa shape index (κ2) is 6.19. The van der Waals surface area contributed by atoms with E-state index in [1.807, 2.05) is 6.07 Å². The molecule has 0 unspecified atom stereocenters. The normalized spacial score (nSPS) is 10.7. The van der Waals surface area contributed by atoms with Crippen molar-refractivity contribution in [2.75, 3.05) is 11.4 Å². The molecule has 0 radical (unpaired) electrons. The number of amides is 1. The number of rotatable bonds is 3. The van der Waals surface area contributed by atoms with Gasteiger partial charge in [0.15, 0.2) is 0 Å². The molecule has 5 heteroatoms. The number of nitriles is 1. The van der Waals surface area contributed by atoms with Gasteiger partial charge in [0, 0.05) is 6.54 Å². The summed E-state index contributed by atoms with van der Waals surface area (Å²) in [5.41, 5.74) is -0.556. The first-order chi connectivity index (χ1) is 8.85. The molecule has 1 rings (SSSR count). The van der Waals surface area contributed by atoms with Crippen molar-refractivity contribution in [3.63, 3.8) is 0 Å². The number of carbonyl (C=O) groups is 1. The van der Waals surface area contributed by atoms with Crippen molar-refractivity contribution in [3.05, 3.63) is 30.1 Å². The van der Waals surface area contributed by atoms with E-state index in [0.717, 1.165) is 4.90 Å². The molecular weight excluding hydrogens is 247 g/mol. The zero-order valence-corrected chi connectivity index (χ0v) is 11.3. The maximum Gasteiger partial charge on any atom is 0.414 e. The number of nitrogens with zero attached hydrogens (tertiary/aromatic N) is 2. The molecule has 1 aromatic carbocycles. The van der Waals surface area contributed by atoms with E-state index in [1.54, 1.807) is 26.8 Å². The van der Waals surface area contributed by atoms with E-state index in [4.69, 9.17) is 10.00 Å². The smallest absolute Gasteiger partial charge is 0.414 e. The Morgan fingerprint density at radius 1 is 1.42 bits per heavy atom. The summed E-state index contributed by atoms with van der Waals surface area (Å²) in [5.74, 6) is -0.522. The fourth-order valence-corrected chi connectivity index (χ4v) is 1.46. The quantitative estimate of drug-likeness (QED) is 0.839. The molecule has 0 N–H and O–H groups in total. The number of anilines is 1. The van der Waals surface area contributed by atoms with Gasteiger partial charge in [-0.1, -0.05) is 12.1 Å². The molecule has 0 fully saturated rings. The minimum atomic E-state index is -0.673. The average Bonchev–Trinajstić information content (AvgIpc) is 2.29. The Kier molecular flexibility index (Phi) is 4.87. The lowest BCUT2D eigenvalue weighted by molar-refractivity contribution is 0.0580. The molecule has 102 valence electrons. The molecule has 0 aliphatic carbocycles. The Labute approximate surface area is 112 Å².